The van der Waals surface area contributed by atoms with Crippen molar-refractivity contribution >= 4 is 11.6 Å². The summed E-state index contributed by atoms with van der Waals surface area (Å²) >= 11 is 0. The Morgan fingerprint density at radius 3 is 2.66 bits per heavy atom. The highest BCUT2D eigenvalue weighted by molar-refractivity contribution is 5.90. The largest absolute Gasteiger partial charge is 0.460 e. The van der Waals surface area contributed by atoms with Crippen molar-refractivity contribution in [3.63, 3.8) is 0 Å². The number of hydrogen-bond acceptors (Lipinski definition) is 7. The van der Waals surface area contributed by atoms with Crippen molar-refractivity contribution in [1.29, 1.82) is 0 Å². The second-order valence-electron chi connectivity index (χ2n) is 8.15. The predicted molar refractivity (Wildman–Crippen MR) is 132 cm³/mol. The molecule has 0 unspecified atom stereocenters. The van der Waals surface area contributed by atoms with Gasteiger partial charge in [0.15, 0.2) is 17.3 Å². The number of unbranched alkanes of at least 4 members (excludes halogenated alkanes) is 3. The van der Waals surface area contributed by atoms with Gasteiger partial charge in [0.05, 0.1) is 12.3 Å². The molecule has 4 rings (SSSR count). The molecule has 0 saturated carbocycles. The Bertz CT molecular complexity index is 1110. The third-order valence-electron chi connectivity index (χ3n) is 5.53. The number of aromatic nitrogens is 3. The van der Waals surface area contributed by atoms with Gasteiger partial charge in [-0.1, -0.05) is 26.2 Å². The lowest BCUT2D eigenvalue weighted by atomic mass is 10.1. The number of fused-ring (bicyclic) bond motifs is 1. The Hall–Kier alpha value is -3.59. The number of ether oxygens (including phenoxy) is 4. The molecule has 0 radical (unpaired) electrons. The Morgan fingerprint density at radius 2 is 1.86 bits per heavy atom. The fraction of sp³-hybridized carbons (Fsp3) is 0.423. The van der Waals surface area contributed by atoms with Crippen LogP contribution in [0, 0.1) is 0 Å². The normalized spacial score (nSPS) is 12.1. The molecule has 0 spiro atoms. The molecule has 3 aromatic rings. The first-order valence-electron chi connectivity index (χ1n) is 12.2. The van der Waals surface area contributed by atoms with Crippen LogP contribution >= 0.6 is 0 Å². The molecule has 186 valence electrons. The van der Waals surface area contributed by atoms with Crippen LogP contribution in [0.3, 0.4) is 0 Å². The highest BCUT2D eigenvalue weighted by atomic mass is 16.7. The molecular weight excluding hydrogens is 448 g/mol. The summed E-state index contributed by atoms with van der Waals surface area (Å²) < 4.78 is 23.7. The maximum atomic E-state index is 12.2. The van der Waals surface area contributed by atoms with Crippen molar-refractivity contribution in [1.82, 2.24) is 14.8 Å². The van der Waals surface area contributed by atoms with Crippen molar-refractivity contribution in [2.45, 2.75) is 46.0 Å². The lowest BCUT2D eigenvalue weighted by Crippen LogP contribution is -2.11. The standard InChI is InChI=1S/C26H32N4O5/c1-3-5-6-7-8-24(31)27-20-10-12-21(13-11-20)30-25(28-26(29-30)33-16-15-32-4-2)19-9-14-22-23(17-19)35-18-34-22/h9-14,17H,3-8,15-16,18H2,1-2H3,(H,27,31). The number of hydrogen-bond donors (Lipinski definition) is 1. The quantitative estimate of drug-likeness (QED) is 0.344. The summed E-state index contributed by atoms with van der Waals surface area (Å²) in [7, 11) is 0. The monoisotopic (exact) mass is 480 g/mol. The Balaban J connectivity index is 1.52. The maximum Gasteiger partial charge on any atom is 0.336 e. The number of amides is 1. The zero-order valence-electron chi connectivity index (χ0n) is 20.3. The van der Waals surface area contributed by atoms with Gasteiger partial charge < -0.3 is 24.3 Å². The highest BCUT2D eigenvalue weighted by Crippen LogP contribution is 2.36. The number of nitrogens with zero attached hydrogens (tertiary/aromatic N) is 3. The van der Waals surface area contributed by atoms with Crippen molar-refractivity contribution in [3.8, 4) is 34.6 Å². The third kappa shape index (κ3) is 6.51. The molecule has 1 aromatic heterocycles. The second kappa shape index (κ2) is 12.2. The molecule has 2 aromatic carbocycles. The van der Waals surface area contributed by atoms with Gasteiger partial charge in [0.1, 0.15) is 6.61 Å². The molecule has 0 atom stereocenters. The van der Waals surface area contributed by atoms with Crippen LogP contribution in [0.4, 0.5) is 5.69 Å². The summed E-state index contributed by atoms with van der Waals surface area (Å²) in [6, 6.07) is 13.4. The summed E-state index contributed by atoms with van der Waals surface area (Å²) in [6.07, 6.45) is 4.82. The minimum atomic E-state index is 0.0284. The Morgan fingerprint density at radius 1 is 1.03 bits per heavy atom. The van der Waals surface area contributed by atoms with E-state index in [1.165, 1.54) is 0 Å². The van der Waals surface area contributed by atoms with E-state index in [4.69, 9.17) is 18.9 Å². The summed E-state index contributed by atoms with van der Waals surface area (Å²) in [5, 5.41) is 7.53. The third-order valence-corrected chi connectivity index (χ3v) is 5.53. The van der Waals surface area contributed by atoms with Crippen molar-refractivity contribution in [2.24, 2.45) is 0 Å². The average Bonchev–Trinajstić information content (AvgIpc) is 3.52. The fourth-order valence-corrected chi connectivity index (χ4v) is 3.71. The van der Waals surface area contributed by atoms with E-state index < -0.39 is 0 Å². The van der Waals surface area contributed by atoms with Gasteiger partial charge in [-0.25, -0.2) is 4.68 Å². The molecular formula is C26H32N4O5. The lowest BCUT2D eigenvalue weighted by molar-refractivity contribution is -0.116. The van der Waals surface area contributed by atoms with E-state index in [9.17, 15) is 4.79 Å². The molecule has 9 nitrogen and oxygen atoms in total. The summed E-state index contributed by atoms with van der Waals surface area (Å²) in [5.74, 6) is 1.98. The fourth-order valence-electron chi connectivity index (χ4n) is 3.71. The van der Waals surface area contributed by atoms with Crippen LogP contribution in [0.5, 0.6) is 17.5 Å². The van der Waals surface area contributed by atoms with Crippen molar-refractivity contribution in [3.05, 3.63) is 42.5 Å². The molecule has 2 heterocycles. The Labute approximate surface area is 205 Å². The van der Waals surface area contributed by atoms with Gasteiger partial charge in [-0.3, -0.25) is 4.79 Å². The second-order valence-corrected chi connectivity index (χ2v) is 8.15. The summed E-state index contributed by atoms with van der Waals surface area (Å²) in [4.78, 5) is 16.8. The lowest BCUT2D eigenvalue weighted by Gasteiger charge is -2.09. The van der Waals surface area contributed by atoms with E-state index in [0.29, 0.717) is 43.6 Å². The van der Waals surface area contributed by atoms with Crippen LogP contribution in [0.25, 0.3) is 17.1 Å². The van der Waals surface area contributed by atoms with E-state index in [1.807, 2.05) is 49.4 Å². The first-order valence-corrected chi connectivity index (χ1v) is 12.2. The van der Waals surface area contributed by atoms with Gasteiger partial charge in [0.2, 0.25) is 12.7 Å². The van der Waals surface area contributed by atoms with Crippen LogP contribution < -0.4 is 19.5 Å². The SMILES string of the molecule is CCCCCCC(=O)Nc1ccc(-n2nc(OCCOCC)nc2-c2ccc3c(c2)OCO3)cc1. The van der Waals surface area contributed by atoms with E-state index in [0.717, 1.165) is 42.6 Å². The zero-order chi connectivity index (χ0) is 24.5. The number of carbonyl (C=O) groups is 1. The number of rotatable bonds is 13. The molecule has 0 saturated heterocycles. The van der Waals surface area contributed by atoms with Crippen LogP contribution in [0.2, 0.25) is 0 Å². The molecule has 1 aliphatic rings. The smallest absolute Gasteiger partial charge is 0.336 e. The van der Waals surface area contributed by atoms with Crippen LogP contribution in [-0.2, 0) is 9.53 Å². The maximum absolute atomic E-state index is 12.2. The molecule has 1 N–H and O–H groups in total. The van der Waals surface area contributed by atoms with Gasteiger partial charge in [-0.15, -0.1) is 5.10 Å². The molecule has 0 fully saturated rings. The molecule has 0 aliphatic carbocycles. The molecule has 1 aliphatic heterocycles. The zero-order valence-corrected chi connectivity index (χ0v) is 20.3. The number of anilines is 1. The van der Waals surface area contributed by atoms with Crippen LogP contribution in [0.1, 0.15) is 46.0 Å². The van der Waals surface area contributed by atoms with Crippen LogP contribution in [0.15, 0.2) is 42.5 Å². The van der Waals surface area contributed by atoms with Crippen molar-refractivity contribution in [2.75, 3.05) is 31.9 Å². The minimum absolute atomic E-state index is 0.0284. The number of benzene rings is 2. The first-order chi connectivity index (χ1) is 17.2. The van der Waals surface area contributed by atoms with Gasteiger partial charge in [-0.05, 0) is 55.8 Å². The van der Waals surface area contributed by atoms with Gasteiger partial charge in [0, 0.05) is 24.3 Å². The average molecular weight is 481 g/mol. The van der Waals surface area contributed by atoms with Gasteiger partial charge in [0.25, 0.3) is 0 Å². The molecule has 0 bridgehead atoms. The molecule has 35 heavy (non-hydrogen) atoms. The topological polar surface area (TPSA) is 96.7 Å². The van der Waals surface area contributed by atoms with Crippen LogP contribution in [-0.4, -0.2) is 47.3 Å². The van der Waals surface area contributed by atoms with E-state index in [-0.39, 0.29) is 18.7 Å². The molecule has 1 amide bonds. The Kier molecular flexibility index (Phi) is 8.56. The number of carbonyl (C=O) groups excluding carboxylic acids is 1. The van der Waals surface area contributed by atoms with E-state index in [2.05, 4.69) is 22.3 Å². The summed E-state index contributed by atoms with van der Waals surface area (Å²) in [5.41, 5.74) is 2.34. The van der Waals surface area contributed by atoms with E-state index in [1.54, 1.807) is 4.68 Å². The summed E-state index contributed by atoms with van der Waals surface area (Å²) in [6.45, 7) is 5.71. The van der Waals surface area contributed by atoms with Gasteiger partial charge in [-0.2, -0.15) is 4.98 Å². The van der Waals surface area contributed by atoms with Gasteiger partial charge >= 0.3 is 6.01 Å². The van der Waals surface area contributed by atoms with Crippen molar-refractivity contribution < 1.29 is 23.7 Å². The molecule has 9 heteroatoms. The predicted octanol–water partition coefficient (Wildman–Crippen LogP) is 4.99. The van der Waals surface area contributed by atoms with E-state index >= 15 is 0 Å². The first kappa shape index (κ1) is 24.5. The highest BCUT2D eigenvalue weighted by Gasteiger charge is 2.19. The number of nitrogens with one attached hydrogen (secondary N) is 1. The minimum Gasteiger partial charge on any atom is -0.460 e.